The van der Waals surface area contributed by atoms with E-state index in [0.717, 1.165) is 29.7 Å². The Hall–Kier alpha value is -2.21. The maximum Gasteiger partial charge on any atom is 0.251 e. The molecule has 0 amide bonds. The number of hydrogen-bond donors (Lipinski definition) is 2. The van der Waals surface area contributed by atoms with Gasteiger partial charge in [0.15, 0.2) is 0 Å². The van der Waals surface area contributed by atoms with E-state index in [1.807, 2.05) is 18.2 Å². The minimum Gasteiger partial charge on any atom is -0.322 e. The minimum absolute atomic E-state index is 0.0569. The van der Waals surface area contributed by atoms with Crippen LogP contribution in [0.4, 0.5) is 0 Å². The lowest BCUT2D eigenvalue weighted by Gasteiger charge is -2.12. The predicted molar refractivity (Wildman–Crippen MR) is 99.1 cm³/mol. The Kier molecular flexibility index (Phi) is 5.48. The normalized spacial score (nSPS) is 15.8. The van der Waals surface area contributed by atoms with Crippen LogP contribution in [0.2, 0.25) is 0 Å². The summed E-state index contributed by atoms with van der Waals surface area (Å²) < 4.78 is 21.7. The number of thiol groups is 1. The third-order valence-electron chi connectivity index (χ3n) is 4.63. The third-order valence-corrected chi connectivity index (χ3v) is 5.21. The largest absolute Gasteiger partial charge is 0.322 e. The van der Waals surface area contributed by atoms with Crippen LogP contribution in [-0.4, -0.2) is 18.4 Å². The Morgan fingerprint density at radius 1 is 1.24 bits per heavy atom. The van der Waals surface area contributed by atoms with Crippen molar-refractivity contribution in [3.63, 3.8) is 0 Å². The van der Waals surface area contributed by atoms with Gasteiger partial charge in [0, 0.05) is 28.6 Å². The van der Waals surface area contributed by atoms with Gasteiger partial charge < -0.3 is 4.98 Å². The van der Waals surface area contributed by atoms with Crippen LogP contribution in [-0.2, 0) is 16.5 Å². The van der Waals surface area contributed by atoms with Gasteiger partial charge >= 0.3 is 0 Å². The maximum absolute atomic E-state index is 12.0. The van der Waals surface area contributed by atoms with Crippen molar-refractivity contribution in [1.82, 2.24) is 9.97 Å². The topological polar surface area (TPSA) is 79.9 Å². The van der Waals surface area contributed by atoms with Crippen LogP contribution in [0.3, 0.4) is 0 Å². The highest BCUT2D eigenvalue weighted by molar-refractivity contribution is 7.71. The first kappa shape index (κ1) is 17.6. The number of aromatic amines is 1. The van der Waals surface area contributed by atoms with Crippen molar-refractivity contribution in [2.45, 2.75) is 38.4 Å². The van der Waals surface area contributed by atoms with Gasteiger partial charge in [-0.3, -0.25) is 9.78 Å². The molecule has 1 aliphatic carbocycles. The Morgan fingerprint density at radius 3 is 2.60 bits per heavy atom. The van der Waals surface area contributed by atoms with E-state index in [0.29, 0.717) is 17.2 Å². The van der Waals surface area contributed by atoms with Crippen molar-refractivity contribution in [1.29, 1.82) is 0 Å². The number of allylic oxidation sites excluding steroid dienone is 1. The summed E-state index contributed by atoms with van der Waals surface area (Å²) in [6.45, 7) is 1.78. The van der Waals surface area contributed by atoms with Gasteiger partial charge in [-0.15, -0.1) is 0 Å². The molecular formula is C19H22N2O3S. The van der Waals surface area contributed by atoms with Gasteiger partial charge in [-0.25, -0.2) is 8.42 Å². The highest BCUT2D eigenvalue weighted by Gasteiger charge is 2.16. The first-order valence-corrected chi connectivity index (χ1v) is 9.88. The van der Waals surface area contributed by atoms with Gasteiger partial charge in [0.2, 0.25) is 0 Å². The van der Waals surface area contributed by atoms with Crippen LogP contribution in [0.1, 0.15) is 48.2 Å². The van der Waals surface area contributed by atoms with Gasteiger partial charge in [0.1, 0.15) is 10.7 Å². The molecule has 2 heterocycles. The van der Waals surface area contributed by atoms with Crippen molar-refractivity contribution in [3.05, 3.63) is 69.4 Å². The predicted octanol–water partition coefficient (Wildman–Crippen LogP) is 2.81. The minimum atomic E-state index is -2.49. The molecular weight excluding hydrogens is 336 g/mol. The van der Waals surface area contributed by atoms with Crippen LogP contribution in [0.5, 0.6) is 0 Å². The van der Waals surface area contributed by atoms with E-state index in [-0.39, 0.29) is 11.3 Å². The Morgan fingerprint density at radius 2 is 2.00 bits per heavy atom. The average Bonchev–Trinajstić information content (AvgIpc) is 3.09. The number of rotatable bonds is 5. The first-order valence-electron chi connectivity index (χ1n) is 8.52. The van der Waals surface area contributed by atoms with Crippen molar-refractivity contribution >= 4 is 16.3 Å². The second-order valence-corrected chi connectivity index (χ2v) is 7.52. The fraction of sp³-hybridized carbons (Fsp3) is 0.368. The van der Waals surface area contributed by atoms with Gasteiger partial charge in [-0.2, -0.15) is 0 Å². The highest BCUT2D eigenvalue weighted by atomic mass is 32.2. The van der Waals surface area contributed by atoms with Gasteiger partial charge in [-0.1, -0.05) is 31.1 Å². The average molecular weight is 358 g/mol. The van der Waals surface area contributed by atoms with Crippen molar-refractivity contribution in [3.8, 4) is 0 Å². The molecule has 0 saturated heterocycles. The highest BCUT2D eigenvalue weighted by Crippen LogP contribution is 2.31. The number of aryl methyl sites for hydroxylation is 1. The summed E-state index contributed by atoms with van der Waals surface area (Å²) in [5, 5.41) is 0. The zero-order chi connectivity index (χ0) is 17.8. The third kappa shape index (κ3) is 4.45. The molecule has 132 valence electrons. The summed E-state index contributed by atoms with van der Waals surface area (Å²) in [6.07, 6.45) is 8.67. The lowest BCUT2D eigenvalue weighted by molar-refractivity contribution is 0.613. The van der Waals surface area contributed by atoms with Crippen LogP contribution in [0, 0.1) is 12.8 Å². The van der Waals surface area contributed by atoms with E-state index >= 15 is 0 Å². The second kappa shape index (κ2) is 7.78. The molecule has 2 aromatic rings. The van der Waals surface area contributed by atoms with Crippen molar-refractivity contribution < 1.29 is 8.42 Å². The van der Waals surface area contributed by atoms with Crippen molar-refractivity contribution in [2.75, 3.05) is 0 Å². The zero-order valence-corrected chi connectivity index (χ0v) is 15.1. The standard InChI is InChI=1S/C19H22N2O3S/c1-13-6-9-18(21-19(13)22)17(10-14-4-2-3-5-14)15-7-8-16(20-11-15)12-25(23)24/h6-11,14,25H,2-5,12H2,1H3,(H,21,22)/b17-10+. The van der Waals surface area contributed by atoms with Crippen molar-refractivity contribution in [2.24, 2.45) is 5.92 Å². The van der Waals surface area contributed by atoms with Gasteiger partial charge in [-0.05, 0) is 37.8 Å². The van der Waals surface area contributed by atoms with Crippen LogP contribution >= 0.6 is 0 Å². The second-order valence-electron chi connectivity index (χ2n) is 6.54. The smallest absolute Gasteiger partial charge is 0.251 e. The van der Waals surface area contributed by atoms with E-state index in [4.69, 9.17) is 0 Å². The molecule has 1 saturated carbocycles. The molecule has 0 unspecified atom stereocenters. The summed E-state index contributed by atoms with van der Waals surface area (Å²) in [6, 6.07) is 7.34. The van der Waals surface area contributed by atoms with E-state index in [1.54, 1.807) is 19.2 Å². The number of H-pyrrole nitrogens is 1. The summed E-state index contributed by atoms with van der Waals surface area (Å²) in [4.78, 5) is 19.2. The van der Waals surface area contributed by atoms with Gasteiger partial charge in [0.25, 0.3) is 5.56 Å². The summed E-state index contributed by atoms with van der Waals surface area (Å²) in [5.74, 6) is 0.439. The number of pyridine rings is 2. The molecule has 0 aliphatic heterocycles. The molecule has 0 atom stereocenters. The Labute approximate surface area is 148 Å². The molecule has 1 N–H and O–H groups in total. The van der Waals surface area contributed by atoms with Gasteiger partial charge in [0.05, 0.1) is 11.4 Å². The lowest BCUT2D eigenvalue weighted by Crippen LogP contribution is -2.11. The van der Waals surface area contributed by atoms with E-state index in [1.165, 1.54) is 12.8 Å². The number of nitrogens with one attached hydrogen (secondary N) is 1. The SMILES string of the molecule is Cc1ccc(/C(=C/C2CCCC2)c2ccc(C[SH](=O)=O)nc2)[nH]c1=O. The fourth-order valence-electron chi connectivity index (χ4n) is 3.21. The molecule has 25 heavy (non-hydrogen) atoms. The lowest BCUT2D eigenvalue weighted by atomic mass is 9.96. The molecule has 6 heteroatoms. The number of aromatic nitrogens is 2. The van der Waals surface area contributed by atoms with Crippen LogP contribution in [0.15, 0.2) is 41.3 Å². The molecule has 5 nitrogen and oxygen atoms in total. The quantitative estimate of drug-likeness (QED) is 0.806. The van der Waals surface area contributed by atoms with Crippen LogP contribution in [0.25, 0.3) is 5.57 Å². The Balaban J connectivity index is 2.01. The fourth-order valence-corrected chi connectivity index (χ4v) is 3.67. The number of nitrogens with zero attached hydrogens (tertiary/aromatic N) is 1. The van der Waals surface area contributed by atoms with E-state index < -0.39 is 10.7 Å². The summed E-state index contributed by atoms with van der Waals surface area (Å²) >= 11 is 0. The zero-order valence-electron chi connectivity index (χ0n) is 14.2. The maximum atomic E-state index is 12.0. The first-order chi connectivity index (χ1) is 12.0. The molecule has 1 aliphatic rings. The number of hydrogen-bond acceptors (Lipinski definition) is 4. The molecule has 2 aromatic heterocycles. The molecule has 0 spiro atoms. The molecule has 1 fully saturated rings. The molecule has 0 aromatic carbocycles. The van der Waals surface area contributed by atoms with Crippen LogP contribution < -0.4 is 5.56 Å². The molecule has 0 bridgehead atoms. The van der Waals surface area contributed by atoms with E-state index in [9.17, 15) is 13.2 Å². The molecule has 0 radical (unpaired) electrons. The summed E-state index contributed by atoms with van der Waals surface area (Å²) in [7, 11) is -2.49. The summed E-state index contributed by atoms with van der Waals surface area (Å²) in [5.41, 5.74) is 3.72. The molecule has 3 rings (SSSR count). The van der Waals surface area contributed by atoms with E-state index in [2.05, 4.69) is 16.0 Å². The monoisotopic (exact) mass is 358 g/mol. The Bertz CT molecular complexity index is 897.